The van der Waals surface area contributed by atoms with Crippen molar-refractivity contribution < 1.29 is 4.74 Å². The summed E-state index contributed by atoms with van der Waals surface area (Å²) in [5, 5.41) is 0. The third-order valence-electron chi connectivity index (χ3n) is 2.99. The molecular formula is C14H20N4O. The highest BCUT2D eigenvalue weighted by Gasteiger charge is 2.13. The zero-order valence-electron chi connectivity index (χ0n) is 11.4. The van der Waals surface area contributed by atoms with Gasteiger partial charge in [0.15, 0.2) is 0 Å². The Labute approximate surface area is 113 Å². The Morgan fingerprint density at radius 2 is 2.26 bits per heavy atom. The van der Waals surface area contributed by atoms with Crippen molar-refractivity contribution in [3.8, 4) is 5.75 Å². The van der Waals surface area contributed by atoms with Crippen molar-refractivity contribution in [3.63, 3.8) is 0 Å². The highest BCUT2D eigenvalue weighted by Crippen LogP contribution is 2.26. The first-order valence-corrected chi connectivity index (χ1v) is 6.35. The minimum Gasteiger partial charge on any atom is -0.497 e. The zero-order chi connectivity index (χ0) is 13.7. The zero-order valence-corrected chi connectivity index (χ0v) is 11.4. The van der Waals surface area contributed by atoms with E-state index in [9.17, 15) is 0 Å². The fourth-order valence-corrected chi connectivity index (χ4v) is 1.99. The molecule has 5 heteroatoms. The summed E-state index contributed by atoms with van der Waals surface area (Å²) in [7, 11) is 3.65. The van der Waals surface area contributed by atoms with E-state index in [0.717, 1.165) is 30.4 Å². The van der Waals surface area contributed by atoms with Crippen LogP contribution in [0.5, 0.6) is 5.75 Å². The number of hydrogen-bond donors (Lipinski definition) is 1. The van der Waals surface area contributed by atoms with E-state index in [1.807, 2.05) is 42.1 Å². The van der Waals surface area contributed by atoms with Gasteiger partial charge in [-0.2, -0.15) is 0 Å². The molecule has 1 aromatic heterocycles. The van der Waals surface area contributed by atoms with Crippen LogP contribution in [0.3, 0.4) is 0 Å². The molecule has 5 nitrogen and oxygen atoms in total. The van der Waals surface area contributed by atoms with E-state index in [1.165, 1.54) is 0 Å². The van der Waals surface area contributed by atoms with Crippen molar-refractivity contribution >= 4 is 11.6 Å². The van der Waals surface area contributed by atoms with E-state index in [1.54, 1.807) is 13.3 Å². The lowest BCUT2D eigenvalue weighted by Gasteiger charge is -2.24. The van der Waals surface area contributed by atoms with Gasteiger partial charge in [-0.1, -0.05) is 6.07 Å². The molecule has 0 bridgehead atoms. The number of imidazole rings is 1. The Balaban J connectivity index is 2.34. The Morgan fingerprint density at radius 1 is 1.42 bits per heavy atom. The standard InChI is InChI=1S/C14H20N4O/c1-17-10-8-16-14(17)18(9-4-7-15)12-5-3-6-13(11-12)19-2/h3,5-6,8,10-11H,4,7,9,15H2,1-2H3. The fraction of sp³-hybridized carbons (Fsp3) is 0.357. The topological polar surface area (TPSA) is 56.3 Å². The smallest absolute Gasteiger partial charge is 0.209 e. The van der Waals surface area contributed by atoms with E-state index in [0.29, 0.717) is 6.54 Å². The maximum atomic E-state index is 5.62. The number of nitrogens with two attached hydrogens (primary N) is 1. The first-order chi connectivity index (χ1) is 9.26. The van der Waals surface area contributed by atoms with Gasteiger partial charge in [0.05, 0.1) is 7.11 Å². The van der Waals surface area contributed by atoms with Gasteiger partial charge < -0.3 is 19.9 Å². The lowest BCUT2D eigenvalue weighted by molar-refractivity contribution is 0.415. The summed E-state index contributed by atoms with van der Waals surface area (Å²) >= 11 is 0. The molecule has 0 aliphatic rings. The molecule has 1 aromatic carbocycles. The molecule has 2 N–H and O–H groups in total. The van der Waals surface area contributed by atoms with Crippen LogP contribution in [0, 0.1) is 0 Å². The molecule has 0 amide bonds. The second kappa shape index (κ2) is 6.24. The first-order valence-electron chi connectivity index (χ1n) is 6.35. The maximum Gasteiger partial charge on any atom is 0.209 e. The van der Waals surface area contributed by atoms with Crippen LogP contribution in [-0.2, 0) is 7.05 Å². The van der Waals surface area contributed by atoms with Crippen LogP contribution < -0.4 is 15.4 Å². The van der Waals surface area contributed by atoms with Gasteiger partial charge in [0.2, 0.25) is 5.95 Å². The minimum atomic E-state index is 0.658. The highest BCUT2D eigenvalue weighted by molar-refractivity contribution is 5.59. The van der Waals surface area contributed by atoms with E-state index in [2.05, 4.69) is 9.88 Å². The molecule has 0 spiro atoms. The number of anilines is 2. The van der Waals surface area contributed by atoms with Crippen LogP contribution in [-0.4, -0.2) is 29.8 Å². The minimum absolute atomic E-state index is 0.658. The summed E-state index contributed by atoms with van der Waals surface area (Å²) in [5.74, 6) is 1.74. The number of methoxy groups -OCH3 is 1. The van der Waals surface area contributed by atoms with Crippen molar-refractivity contribution in [1.29, 1.82) is 0 Å². The lowest BCUT2D eigenvalue weighted by Crippen LogP contribution is -2.23. The Hall–Kier alpha value is -2.01. The Bertz CT molecular complexity index is 524. The summed E-state index contributed by atoms with van der Waals surface area (Å²) in [6, 6.07) is 7.97. The number of rotatable bonds is 6. The van der Waals surface area contributed by atoms with Gasteiger partial charge in [0, 0.05) is 37.7 Å². The quantitative estimate of drug-likeness (QED) is 0.862. The van der Waals surface area contributed by atoms with Crippen molar-refractivity contribution in [2.75, 3.05) is 25.1 Å². The summed E-state index contributed by atoms with van der Waals surface area (Å²) in [5.41, 5.74) is 6.68. The normalized spacial score (nSPS) is 10.5. The average Bonchev–Trinajstić information content (AvgIpc) is 2.86. The van der Waals surface area contributed by atoms with Crippen LogP contribution in [0.25, 0.3) is 0 Å². The molecule has 0 unspecified atom stereocenters. The van der Waals surface area contributed by atoms with Crippen LogP contribution in [0.15, 0.2) is 36.7 Å². The average molecular weight is 260 g/mol. The van der Waals surface area contributed by atoms with Crippen molar-refractivity contribution in [2.24, 2.45) is 12.8 Å². The summed E-state index contributed by atoms with van der Waals surface area (Å²) in [4.78, 5) is 6.56. The van der Waals surface area contributed by atoms with Crippen LogP contribution in [0.4, 0.5) is 11.6 Å². The summed E-state index contributed by atoms with van der Waals surface area (Å²) in [6.07, 6.45) is 4.64. The van der Waals surface area contributed by atoms with E-state index in [-0.39, 0.29) is 0 Å². The third kappa shape index (κ3) is 3.06. The summed E-state index contributed by atoms with van der Waals surface area (Å²) in [6.45, 7) is 1.49. The van der Waals surface area contributed by atoms with Gasteiger partial charge in [-0.3, -0.25) is 0 Å². The number of aryl methyl sites for hydroxylation is 1. The van der Waals surface area contributed by atoms with Crippen LogP contribution in [0.1, 0.15) is 6.42 Å². The molecule has 0 saturated heterocycles. The van der Waals surface area contributed by atoms with Gasteiger partial charge in [0.1, 0.15) is 5.75 Å². The predicted molar refractivity (Wildman–Crippen MR) is 76.9 cm³/mol. The van der Waals surface area contributed by atoms with Gasteiger partial charge in [-0.25, -0.2) is 4.98 Å². The fourth-order valence-electron chi connectivity index (χ4n) is 1.99. The molecule has 0 radical (unpaired) electrons. The highest BCUT2D eigenvalue weighted by atomic mass is 16.5. The molecule has 102 valence electrons. The van der Waals surface area contributed by atoms with E-state index < -0.39 is 0 Å². The maximum absolute atomic E-state index is 5.62. The molecule has 2 aromatic rings. The molecular weight excluding hydrogens is 240 g/mol. The Morgan fingerprint density at radius 3 is 2.89 bits per heavy atom. The molecule has 0 aliphatic heterocycles. The molecule has 2 rings (SSSR count). The summed E-state index contributed by atoms with van der Waals surface area (Å²) < 4.78 is 7.27. The molecule has 0 aliphatic carbocycles. The number of hydrogen-bond acceptors (Lipinski definition) is 4. The lowest BCUT2D eigenvalue weighted by atomic mass is 10.2. The third-order valence-corrected chi connectivity index (χ3v) is 2.99. The molecule has 0 atom stereocenters. The molecule has 0 saturated carbocycles. The molecule has 0 fully saturated rings. The van der Waals surface area contributed by atoms with Gasteiger partial charge >= 0.3 is 0 Å². The van der Waals surface area contributed by atoms with E-state index >= 15 is 0 Å². The Kier molecular flexibility index (Phi) is 4.41. The monoisotopic (exact) mass is 260 g/mol. The van der Waals surface area contributed by atoms with Crippen molar-refractivity contribution in [1.82, 2.24) is 9.55 Å². The van der Waals surface area contributed by atoms with Gasteiger partial charge in [-0.05, 0) is 25.1 Å². The van der Waals surface area contributed by atoms with Crippen molar-refractivity contribution in [2.45, 2.75) is 6.42 Å². The van der Waals surface area contributed by atoms with Gasteiger partial charge in [0.25, 0.3) is 0 Å². The van der Waals surface area contributed by atoms with Gasteiger partial charge in [-0.15, -0.1) is 0 Å². The molecule has 1 heterocycles. The SMILES string of the molecule is COc1cccc(N(CCCN)c2nccn2C)c1. The number of nitrogens with zero attached hydrogens (tertiary/aromatic N) is 3. The number of ether oxygens (including phenoxy) is 1. The number of benzene rings is 1. The largest absolute Gasteiger partial charge is 0.497 e. The van der Waals surface area contributed by atoms with Crippen molar-refractivity contribution in [3.05, 3.63) is 36.7 Å². The first kappa shape index (κ1) is 13.4. The van der Waals surface area contributed by atoms with Crippen LogP contribution >= 0.6 is 0 Å². The predicted octanol–water partition coefficient (Wildman–Crippen LogP) is 1.92. The second-order valence-electron chi connectivity index (χ2n) is 4.33. The molecule has 19 heavy (non-hydrogen) atoms. The van der Waals surface area contributed by atoms with Crippen LogP contribution in [0.2, 0.25) is 0 Å². The van der Waals surface area contributed by atoms with E-state index in [4.69, 9.17) is 10.5 Å². The number of aromatic nitrogens is 2. The second-order valence-corrected chi connectivity index (χ2v) is 4.33.